The van der Waals surface area contributed by atoms with Crippen molar-refractivity contribution >= 4 is 5.78 Å². The van der Waals surface area contributed by atoms with E-state index in [1.807, 2.05) is 18.2 Å². The molecule has 1 heterocycles. The summed E-state index contributed by atoms with van der Waals surface area (Å²) in [6, 6.07) is 8.02. The van der Waals surface area contributed by atoms with Crippen molar-refractivity contribution in [3.8, 4) is 5.75 Å². The van der Waals surface area contributed by atoms with Gasteiger partial charge in [0.2, 0.25) is 0 Å². The number of ether oxygens (including phenoxy) is 1. The molecule has 0 N–H and O–H groups in total. The largest absolute Gasteiger partial charge is 0.497 e. The quantitative estimate of drug-likeness (QED) is 0.802. The van der Waals surface area contributed by atoms with E-state index in [4.69, 9.17) is 4.74 Å². The van der Waals surface area contributed by atoms with E-state index in [0.717, 1.165) is 12.3 Å². The van der Waals surface area contributed by atoms with E-state index < -0.39 is 0 Å². The molecule has 0 atom stereocenters. The zero-order valence-corrected chi connectivity index (χ0v) is 10.7. The van der Waals surface area contributed by atoms with Gasteiger partial charge in [0.25, 0.3) is 0 Å². The number of Topliss-reactive ketones (excluding diaryl/α,β-unsaturated/α-hetero) is 1. The Labute approximate surface area is 102 Å². The predicted octanol–water partition coefficient (Wildman–Crippen LogP) is 2.25. The summed E-state index contributed by atoms with van der Waals surface area (Å²) in [4.78, 5) is 13.7. The lowest BCUT2D eigenvalue weighted by Crippen LogP contribution is -2.37. The molecule has 0 bridgehead atoms. The standard InChI is InChI=1S/C14H19NO2/c1-14(2)8-12(16)10-15(14)9-11-5-4-6-13(7-11)17-3/h4-7H,8-10H2,1-3H3. The molecule has 0 aromatic heterocycles. The summed E-state index contributed by atoms with van der Waals surface area (Å²) in [5.41, 5.74) is 1.16. The first-order valence-electron chi connectivity index (χ1n) is 5.91. The molecular weight excluding hydrogens is 214 g/mol. The van der Waals surface area contributed by atoms with Crippen molar-refractivity contribution in [3.63, 3.8) is 0 Å². The fourth-order valence-corrected chi connectivity index (χ4v) is 2.34. The number of nitrogens with zero attached hydrogens (tertiary/aromatic N) is 1. The smallest absolute Gasteiger partial charge is 0.148 e. The summed E-state index contributed by atoms with van der Waals surface area (Å²) in [7, 11) is 1.67. The van der Waals surface area contributed by atoms with Crippen molar-refractivity contribution in [2.45, 2.75) is 32.4 Å². The monoisotopic (exact) mass is 233 g/mol. The van der Waals surface area contributed by atoms with E-state index in [2.05, 4.69) is 24.8 Å². The first-order valence-corrected chi connectivity index (χ1v) is 5.91. The molecule has 1 aliphatic rings. The third-order valence-electron chi connectivity index (χ3n) is 3.36. The topological polar surface area (TPSA) is 29.5 Å². The number of carbonyl (C=O) groups is 1. The minimum absolute atomic E-state index is 0.0276. The Hall–Kier alpha value is -1.35. The van der Waals surface area contributed by atoms with Gasteiger partial charge in [0.1, 0.15) is 11.5 Å². The SMILES string of the molecule is COc1cccc(CN2CC(=O)CC2(C)C)c1. The van der Waals surface area contributed by atoms with Gasteiger partial charge in [-0.1, -0.05) is 12.1 Å². The third kappa shape index (κ3) is 2.67. The van der Waals surface area contributed by atoms with Gasteiger partial charge in [0.15, 0.2) is 0 Å². The van der Waals surface area contributed by atoms with Gasteiger partial charge in [-0.2, -0.15) is 0 Å². The number of methoxy groups -OCH3 is 1. The third-order valence-corrected chi connectivity index (χ3v) is 3.36. The fourth-order valence-electron chi connectivity index (χ4n) is 2.34. The van der Waals surface area contributed by atoms with E-state index in [9.17, 15) is 4.79 Å². The second kappa shape index (κ2) is 4.49. The molecule has 2 rings (SSSR count). The number of likely N-dealkylation sites (tertiary alicyclic amines) is 1. The second-order valence-corrected chi connectivity index (χ2v) is 5.24. The number of rotatable bonds is 3. The maximum Gasteiger partial charge on any atom is 0.148 e. The Morgan fingerprint density at radius 2 is 2.18 bits per heavy atom. The lowest BCUT2D eigenvalue weighted by atomic mass is 10.0. The molecule has 0 spiro atoms. The number of hydrogen-bond acceptors (Lipinski definition) is 3. The zero-order valence-electron chi connectivity index (χ0n) is 10.7. The molecule has 0 saturated carbocycles. The van der Waals surface area contributed by atoms with E-state index in [-0.39, 0.29) is 5.54 Å². The van der Waals surface area contributed by atoms with Gasteiger partial charge in [0.05, 0.1) is 13.7 Å². The van der Waals surface area contributed by atoms with Gasteiger partial charge < -0.3 is 4.74 Å². The van der Waals surface area contributed by atoms with Gasteiger partial charge in [-0.3, -0.25) is 9.69 Å². The van der Waals surface area contributed by atoms with Crippen LogP contribution in [0.1, 0.15) is 25.8 Å². The summed E-state index contributed by atoms with van der Waals surface area (Å²) in [5, 5.41) is 0. The molecular formula is C14H19NO2. The lowest BCUT2D eigenvalue weighted by Gasteiger charge is -2.30. The van der Waals surface area contributed by atoms with Crippen LogP contribution in [-0.4, -0.2) is 29.9 Å². The molecule has 1 saturated heterocycles. The number of ketones is 1. The molecule has 1 aliphatic heterocycles. The normalized spacial score (nSPS) is 19.6. The summed E-state index contributed by atoms with van der Waals surface area (Å²) in [6.45, 7) is 5.61. The Kier molecular flexibility index (Phi) is 3.20. The highest BCUT2D eigenvalue weighted by Gasteiger charge is 2.36. The molecule has 3 heteroatoms. The predicted molar refractivity (Wildman–Crippen MR) is 67.1 cm³/mol. The van der Waals surface area contributed by atoms with Crippen LogP contribution in [0.2, 0.25) is 0 Å². The maximum absolute atomic E-state index is 11.5. The first-order chi connectivity index (χ1) is 8.01. The summed E-state index contributed by atoms with van der Waals surface area (Å²) >= 11 is 0. The zero-order chi connectivity index (χ0) is 12.5. The van der Waals surface area contributed by atoms with Crippen molar-refractivity contribution in [2.75, 3.05) is 13.7 Å². The van der Waals surface area contributed by atoms with Crippen LogP contribution in [0.5, 0.6) is 5.75 Å². The summed E-state index contributed by atoms with van der Waals surface area (Å²) in [5.74, 6) is 1.20. The first kappa shape index (κ1) is 12.1. The molecule has 1 aromatic rings. The van der Waals surface area contributed by atoms with Gasteiger partial charge in [-0.05, 0) is 31.5 Å². The summed E-state index contributed by atoms with van der Waals surface area (Å²) in [6.07, 6.45) is 0.650. The Bertz CT molecular complexity index is 426. The van der Waals surface area contributed by atoms with E-state index >= 15 is 0 Å². The molecule has 0 unspecified atom stereocenters. The van der Waals surface area contributed by atoms with Crippen molar-refractivity contribution < 1.29 is 9.53 Å². The highest BCUT2D eigenvalue weighted by molar-refractivity contribution is 5.84. The number of hydrogen-bond donors (Lipinski definition) is 0. The Morgan fingerprint density at radius 1 is 1.41 bits per heavy atom. The molecule has 1 aromatic carbocycles. The van der Waals surface area contributed by atoms with Crippen LogP contribution in [0.25, 0.3) is 0 Å². The van der Waals surface area contributed by atoms with E-state index in [0.29, 0.717) is 18.7 Å². The van der Waals surface area contributed by atoms with Crippen molar-refractivity contribution in [1.82, 2.24) is 4.90 Å². The molecule has 17 heavy (non-hydrogen) atoms. The number of carbonyl (C=O) groups excluding carboxylic acids is 1. The summed E-state index contributed by atoms with van der Waals surface area (Å²) < 4.78 is 5.21. The molecule has 0 aliphatic carbocycles. The Morgan fingerprint density at radius 3 is 2.76 bits per heavy atom. The van der Waals surface area contributed by atoms with Gasteiger partial charge >= 0.3 is 0 Å². The molecule has 0 radical (unpaired) electrons. The van der Waals surface area contributed by atoms with Gasteiger partial charge in [-0.25, -0.2) is 0 Å². The van der Waals surface area contributed by atoms with Crippen LogP contribution in [0.15, 0.2) is 24.3 Å². The molecule has 0 amide bonds. The molecule has 92 valence electrons. The van der Waals surface area contributed by atoms with Crippen molar-refractivity contribution in [3.05, 3.63) is 29.8 Å². The highest BCUT2D eigenvalue weighted by Crippen LogP contribution is 2.28. The van der Waals surface area contributed by atoms with Gasteiger partial charge in [0, 0.05) is 18.5 Å². The average Bonchev–Trinajstić information content (AvgIpc) is 2.52. The van der Waals surface area contributed by atoms with Crippen molar-refractivity contribution in [1.29, 1.82) is 0 Å². The van der Waals surface area contributed by atoms with E-state index in [1.54, 1.807) is 7.11 Å². The average molecular weight is 233 g/mol. The maximum atomic E-state index is 11.5. The van der Waals surface area contributed by atoms with Crippen LogP contribution in [0.3, 0.4) is 0 Å². The molecule has 1 fully saturated rings. The second-order valence-electron chi connectivity index (χ2n) is 5.24. The minimum Gasteiger partial charge on any atom is -0.497 e. The van der Waals surface area contributed by atoms with Crippen LogP contribution >= 0.6 is 0 Å². The van der Waals surface area contributed by atoms with Crippen molar-refractivity contribution in [2.24, 2.45) is 0 Å². The van der Waals surface area contributed by atoms with Crippen LogP contribution in [0, 0.1) is 0 Å². The highest BCUT2D eigenvalue weighted by atomic mass is 16.5. The lowest BCUT2D eigenvalue weighted by molar-refractivity contribution is -0.117. The minimum atomic E-state index is -0.0276. The number of benzene rings is 1. The Balaban J connectivity index is 2.12. The fraction of sp³-hybridized carbons (Fsp3) is 0.500. The van der Waals surface area contributed by atoms with Crippen LogP contribution in [-0.2, 0) is 11.3 Å². The van der Waals surface area contributed by atoms with Crippen LogP contribution in [0.4, 0.5) is 0 Å². The van der Waals surface area contributed by atoms with E-state index in [1.165, 1.54) is 5.56 Å². The van der Waals surface area contributed by atoms with Crippen LogP contribution < -0.4 is 4.74 Å². The van der Waals surface area contributed by atoms with Gasteiger partial charge in [-0.15, -0.1) is 0 Å². The molecule has 3 nitrogen and oxygen atoms in total.